The summed E-state index contributed by atoms with van der Waals surface area (Å²) in [7, 11) is 0. The van der Waals surface area contributed by atoms with Crippen LogP contribution in [0.5, 0.6) is 0 Å². The predicted molar refractivity (Wildman–Crippen MR) is 60.7 cm³/mol. The van der Waals surface area contributed by atoms with E-state index in [1.165, 1.54) is 12.3 Å². The average molecular weight is 240 g/mol. The van der Waals surface area contributed by atoms with Crippen LogP contribution in [0.1, 0.15) is 30.0 Å². The van der Waals surface area contributed by atoms with Crippen LogP contribution in [0.15, 0.2) is 16.7 Å². The van der Waals surface area contributed by atoms with Gasteiger partial charge in [0.25, 0.3) is 0 Å². The van der Waals surface area contributed by atoms with Gasteiger partial charge in [-0.25, -0.2) is 4.79 Å². The third kappa shape index (κ3) is 4.69. The molecule has 0 spiro atoms. The molecule has 0 aliphatic heterocycles. The Bertz CT molecular complexity index is 398. The van der Waals surface area contributed by atoms with Crippen molar-refractivity contribution in [2.45, 2.75) is 26.4 Å². The molecule has 0 bridgehead atoms. The standard InChI is InChI=1S/C11H16N2O4/c1-7(2)13-10(14)5-12-4-9-3-8(6-17-9)11(15)16/h3,6-7,12H,4-5H2,1-2H3,(H,13,14)(H,15,16). The van der Waals surface area contributed by atoms with Crippen LogP contribution >= 0.6 is 0 Å². The van der Waals surface area contributed by atoms with E-state index in [-0.39, 0.29) is 24.1 Å². The Morgan fingerprint density at radius 3 is 2.71 bits per heavy atom. The Morgan fingerprint density at radius 1 is 1.47 bits per heavy atom. The maximum atomic E-state index is 11.3. The van der Waals surface area contributed by atoms with Gasteiger partial charge in [0.2, 0.25) is 5.91 Å². The summed E-state index contributed by atoms with van der Waals surface area (Å²) < 4.78 is 5.01. The number of rotatable bonds is 6. The van der Waals surface area contributed by atoms with E-state index in [0.717, 1.165) is 0 Å². The molecule has 3 N–H and O–H groups in total. The summed E-state index contributed by atoms with van der Waals surface area (Å²) in [6.07, 6.45) is 1.17. The van der Waals surface area contributed by atoms with Crippen molar-refractivity contribution in [3.63, 3.8) is 0 Å². The molecule has 6 nitrogen and oxygen atoms in total. The molecule has 1 rings (SSSR count). The van der Waals surface area contributed by atoms with Gasteiger partial charge in [0.1, 0.15) is 12.0 Å². The lowest BCUT2D eigenvalue weighted by atomic mass is 10.3. The molecule has 1 aromatic rings. The molecule has 0 atom stereocenters. The molecular weight excluding hydrogens is 224 g/mol. The first-order valence-corrected chi connectivity index (χ1v) is 5.30. The van der Waals surface area contributed by atoms with Crippen LogP contribution in [0.2, 0.25) is 0 Å². The van der Waals surface area contributed by atoms with Gasteiger partial charge in [-0.3, -0.25) is 4.79 Å². The number of aromatic carboxylic acids is 1. The lowest BCUT2D eigenvalue weighted by molar-refractivity contribution is -0.120. The van der Waals surface area contributed by atoms with Crippen LogP contribution in [-0.2, 0) is 11.3 Å². The average Bonchev–Trinajstić information content (AvgIpc) is 2.65. The monoisotopic (exact) mass is 240 g/mol. The molecule has 6 heteroatoms. The van der Waals surface area contributed by atoms with E-state index >= 15 is 0 Å². The first-order chi connectivity index (χ1) is 7.99. The number of furan rings is 1. The van der Waals surface area contributed by atoms with Crippen LogP contribution in [0.4, 0.5) is 0 Å². The molecule has 0 aliphatic rings. The number of amides is 1. The molecule has 1 heterocycles. The summed E-state index contributed by atoms with van der Waals surface area (Å²) >= 11 is 0. The van der Waals surface area contributed by atoms with E-state index in [1.54, 1.807) is 0 Å². The second kappa shape index (κ2) is 6.05. The Balaban J connectivity index is 2.31. The largest absolute Gasteiger partial charge is 0.478 e. The van der Waals surface area contributed by atoms with Crippen molar-refractivity contribution in [2.75, 3.05) is 6.54 Å². The second-order valence-corrected chi connectivity index (χ2v) is 3.93. The van der Waals surface area contributed by atoms with Crippen LogP contribution in [-0.4, -0.2) is 29.6 Å². The highest BCUT2D eigenvalue weighted by molar-refractivity contribution is 5.87. The van der Waals surface area contributed by atoms with E-state index in [4.69, 9.17) is 9.52 Å². The lowest BCUT2D eigenvalue weighted by Gasteiger charge is -2.08. The zero-order chi connectivity index (χ0) is 12.8. The molecule has 94 valence electrons. The van der Waals surface area contributed by atoms with Crippen molar-refractivity contribution >= 4 is 11.9 Å². The van der Waals surface area contributed by atoms with Crippen LogP contribution in [0.3, 0.4) is 0 Å². The zero-order valence-corrected chi connectivity index (χ0v) is 9.82. The van der Waals surface area contributed by atoms with E-state index in [0.29, 0.717) is 12.3 Å². The van der Waals surface area contributed by atoms with Gasteiger partial charge in [0.05, 0.1) is 18.7 Å². The van der Waals surface area contributed by atoms with E-state index < -0.39 is 5.97 Å². The molecule has 1 aromatic heterocycles. The van der Waals surface area contributed by atoms with Gasteiger partial charge in [0.15, 0.2) is 0 Å². The summed E-state index contributed by atoms with van der Waals surface area (Å²) in [5.41, 5.74) is 0.105. The molecule has 0 radical (unpaired) electrons. The highest BCUT2D eigenvalue weighted by Gasteiger charge is 2.08. The Labute approximate surface area is 99.0 Å². The van der Waals surface area contributed by atoms with E-state index in [9.17, 15) is 9.59 Å². The minimum atomic E-state index is -1.03. The van der Waals surface area contributed by atoms with Gasteiger partial charge >= 0.3 is 5.97 Å². The fraction of sp³-hybridized carbons (Fsp3) is 0.455. The van der Waals surface area contributed by atoms with Gasteiger partial charge in [-0.05, 0) is 19.9 Å². The second-order valence-electron chi connectivity index (χ2n) is 3.93. The summed E-state index contributed by atoms with van der Waals surface area (Å²) in [5, 5.41) is 14.3. The summed E-state index contributed by atoms with van der Waals surface area (Å²) in [5.74, 6) is -0.651. The van der Waals surface area contributed by atoms with Crippen molar-refractivity contribution in [1.82, 2.24) is 10.6 Å². The molecule has 0 aliphatic carbocycles. The van der Waals surface area contributed by atoms with Gasteiger partial charge in [0, 0.05) is 6.04 Å². The highest BCUT2D eigenvalue weighted by atomic mass is 16.4. The van der Waals surface area contributed by atoms with Crippen molar-refractivity contribution in [3.8, 4) is 0 Å². The number of hydrogen-bond donors (Lipinski definition) is 3. The SMILES string of the molecule is CC(C)NC(=O)CNCc1cc(C(=O)O)co1. The number of carbonyl (C=O) groups is 2. The number of hydrogen-bond acceptors (Lipinski definition) is 4. The topological polar surface area (TPSA) is 91.6 Å². The quantitative estimate of drug-likeness (QED) is 0.677. The third-order valence-corrected chi connectivity index (χ3v) is 1.94. The molecule has 17 heavy (non-hydrogen) atoms. The minimum Gasteiger partial charge on any atom is -0.478 e. The summed E-state index contributed by atoms with van der Waals surface area (Å²) in [4.78, 5) is 21.8. The van der Waals surface area contributed by atoms with E-state index in [1.807, 2.05) is 13.8 Å². The molecule has 0 aromatic carbocycles. The van der Waals surface area contributed by atoms with Crippen molar-refractivity contribution < 1.29 is 19.1 Å². The minimum absolute atomic E-state index is 0.103. The fourth-order valence-electron chi connectivity index (χ4n) is 1.26. The normalized spacial score (nSPS) is 10.5. The molecule has 0 unspecified atom stereocenters. The van der Waals surface area contributed by atoms with Crippen LogP contribution in [0, 0.1) is 0 Å². The van der Waals surface area contributed by atoms with Gasteiger partial charge in [-0.15, -0.1) is 0 Å². The smallest absolute Gasteiger partial charge is 0.338 e. The van der Waals surface area contributed by atoms with Crippen LogP contribution in [0.25, 0.3) is 0 Å². The van der Waals surface area contributed by atoms with Crippen molar-refractivity contribution in [2.24, 2.45) is 0 Å². The van der Waals surface area contributed by atoms with E-state index in [2.05, 4.69) is 10.6 Å². The lowest BCUT2D eigenvalue weighted by Crippen LogP contribution is -2.37. The van der Waals surface area contributed by atoms with Crippen molar-refractivity contribution in [1.29, 1.82) is 0 Å². The highest BCUT2D eigenvalue weighted by Crippen LogP contribution is 2.06. The van der Waals surface area contributed by atoms with Crippen LogP contribution < -0.4 is 10.6 Å². The number of carboxylic acids is 1. The Morgan fingerprint density at radius 2 is 2.18 bits per heavy atom. The van der Waals surface area contributed by atoms with Gasteiger partial charge < -0.3 is 20.2 Å². The number of carboxylic acid groups (broad SMARTS) is 1. The fourth-order valence-corrected chi connectivity index (χ4v) is 1.26. The summed E-state index contributed by atoms with van der Waals surface area (Å²) in [6.45, 7) is 4.24. The Hall–Kier alpha value is -1.82. The maximum absolute atomic E-state index is 11.3. The third-order valence-electron chi connectivity index (χ3n) is 1.94. The van der Waals surface area contributed by atoms with Crippen molar-refractivity contribution in [3.05, 3.63) is 23.7 Å². The molecular formula is C11H16N2O4. The predicted octanol–water partition coefficient (Wildman–Crippen LogP) is 0.592. The number of nitrogens with one attached hydrogen (secondary N) is 2. The molecule has 0 saturated heterocycles. The Kier molecular flexibility index (Phi) is 4.71. The maximum Gasteiger partial charge on any atom is 0.338 e. The number of carbonyl (C=O) groups excluding carboxylic acids is 1. The zero-order valence-electron chi connectivity index (χ0n) is 9.82. The summed E-state index contributed by atoms with van der Waals surface area (Å²) in [6, 6.07) is 1.53. The van der Waals surface area contributed by atoms with Gasteiger partial charge in [-0.1, -0.05) is 0 Å². The first kappa shape index (κ1) is 13.2. The molecule has 0 saturated carbocycles. The molecule has 0 fully saturated rings. The van der Waals surface area contributed by atoms with Gasteiger partial charge in [-0.2, -0.15) is 0 Å². The molecule has 1 amide bonds. The first-order valence-electron chi connectivity index (χ1n) is 5.30.